The molecule has 0 aliphatic carbocycles. The molecule has 0 unspecified atom stereocenters. The van der Waals surface area contributed by atoms with E-state index in [0.717, 1.165) is 16.8 Å². The van der Waals surface area contributed by atoms with Gasteiger partial charge >= 0.3 is 0 Å². The van der Waals surface area contributed by atoms with Crippen LogP contribution in [0.2, 0.25) is 5.02 Å². The molecule has 160 valence electrons. The number of amidine groups is 1. The standard InChI is InChI=1S/C21H24ClN3O5/c1-11-10-12(4-5-14(11)22)16(26)18-21(2,28)17(27)20(30-18)25-9-7-13-15(25)6-8-23-19(13)24-29-3/h4-5,7-10,16-18,20,26-28H,6H2,1-3H3/b24-19+/t16-,17+,18-,20-,21+/m1/s1. The van der Waals surface area contributed by atoms with Crippen molar-refractivity contribution in [1.82, 2.24) is 4.57 Å². The van der Waals surface area contributed by atoms with Gasteiger partial charge in [-0.25, -0.2) is 4.99 Å². The Balaban J connectivity index is 1.67. The highest BCUT2D eigenvalue weighted by molar-refractivity contribution is 6.31. The fraction of sp³-hybridized carbons (Fsp3) is 0.429. The van der Waals surface area contributed by atoms with Gasteiger partial charge < -0.3 is 29.5 Å². The molecule has 0 spiro atoms. The number of aliphatic hydroxyl groups excluding tert-OH is 2. The zero-order valence-electron chi connectivity index (χ0n) is 16.9. The van der Waals surface area contributed by atoms with Crippen molar-refractivity contribution < 1.29 is 24.9 Å². The zero-order chi connectivity index (χ0) is 21.6. The third-order valence-electron chi connectivity index (χ3n) is 5.76. The van der Waals surface area contributed by atoms with Crippen LogP contribution in [0.4, 0.5) is 0 Å². The number of ether oxygens (including phenoxy) is 1. The number of oxime groups is 1. The summed E-state index contributed by atoms with van der Waals surface area (Å²) in [5.74, 6) is 0.421. The Morgan fingerprint density at radius 3 is 2.87 bits per heavy atom. The van der Waals surface area contributed by atoms with E-state index in [1.54, 1.807) is 41.2 Å². The molecular formula is C21H24ClN3O5. The minimum atomic E-state index is -1.69. The van der Waals surface area contributed by atoms with E-state index in [9.17, 15) is 15.3 Å². The van der Waals surface area contributed by atoms with E-state index in [1.165, 1.54) is 14.0 Å². The molecule has 1 aromatic heterocycles. The van der Waals surface area contributed by atoms with Gasteiger partial charge in [-0.05, 0) is 37.1 Å². The average Bonchev–Trinajstić information content (AvgIpc) is 3.24. The first-order chi connectivity index (χ1) is 14.3. The van der Waals surface area contributed by atoms with E-state index in [4.69, 9.17) is 21.2 Å². The molecule has 2 aliphatic rings. The second-order valence-corrected chi connectivity index (χ2v) is 8.18. The third-order valence-corrected chi connectivity index (χ3v) is 6.18. The topological polar surface area (TPSA) is 109 Å². The van der Waals surface area contributed by atoms with Gasteiger partial charge in [0.15, 0.2) is 12.1 Å². The number of aliphatic hydroxyl groups is 3. The lowest BCUT2D eigenvalue weighted by Crippen LogP contribution is -2.47. The van der Waals surface area contributed by atoms with Crippen molar-refractivity contribution in [3.8, 4) is 0 Å². The smallest absolute Gasteiger partial charge is 0.200 e. The Kier molecular flexibility index (Phi) is 5.46. The summed E-state index contributed by atoms with van der Waals surface area (Å²) in [6.07, 6.45) is -0.441. The fourth-order valence-electron chi connectivity index (χ4n) is 4.04. The maximum atomic E-state index is 11.0. The zero-order valence-corrected chi connectivity index (χ0v) is 17.6. The molecule has 4 rings (SSSR count). The SMILES string of the molecule is CO/N=C1/N=CCc2c1ccn2[C@@H]1O[C@H]([C@H](O)c2ccc(Cl)c(C)c2)[C@@](C)(O)[C@H]1O. The van der Waals surface area contributed by atoms with Gasteiger partial charge in [-0.2, -0.15) is 0 Å². The minimum Gasteiger partial charge on any atom is -0.397 e. The van der Waals surface area contributed by atoms with E-state index in [-0.39, 0.29) is 0 Å². The van der Waals surface area contributed by atoms with E-state index in [1.807, 2.05) is 6.92 Å². The maximum absolute atomic E-state index is 11.0. The highest BCUT2D eigenvalue weighted by atomic mass is 35.5. The van der Waals surface area contributed by atoms with Gasteiger partial charge in [-0.1, -0.05) is 28.9 Å². The van der Waals surface area contributed by atoms with Crippen molar-refractivity contribution in [2.75, 3.05) is 7.11 Å². The van der Waals surface area contributed by atoms with Crippen LogP contribution < -0.4 is 0 Å². The quantitative estimate of drug-likeness (QED) is 0.640. The Morgan fingerprint density at radius 1 is 1.40 bits per heavy atom. The number of aryl methyl sites for hydroxylation is 1. The lowest BCUT2D eigenvalue weighted by molar-refractivity contribution is -0.115. The summed E-state index contributed by atoms with van der Waals surface area (Å²) < 4.78 is 7.79. The number of fused-ring (bicyclic) bond motifs is 1. The Labute approximate surface area is 179 Å². The van der Waals surface area contributed by atoms with Crippen LogP contribution >= 0.6 is 11.6 Å². The molecule has 30 heavy (non-hydrogen) atoms. The van der Waals surface area contributed by atoms with Crippen LogP contribution in [0.15, 0.2) is 40.6 Å². The molecule has 1 fully saturated rings. The number of halogens is 1. The van der Waals surface area contributed by atoms with E-state index in [0.29, 0.717) is 22.8 Å². The minimum absolute atomic E-state index is 0.421. The van der Waals surface area contributed by atoms with Gasteiger partial charge in [0.05, 0.1) is 0 Å². The van der Waals surface area contributed by atoms with Crippen LogP contribution in [0.5, 0.6) is 0 Å². The maximum Gasteiger partial charge on any atom is 0.200 e. The number of benzene rings is 1. The number of aromatic nitrogens is 1. The van der Waals surface area contributed by atoms with Gasteiger partial charge in [0, 0.05) is 35.1 Å². The largest absolute Gasteiger partial charge is 0.397 e. The fourth-order valence-corrected chi connectivity index (χ4v) is 4.16. The lowest BCUT2D eigenvalue weighted by atomic mass is 9.88. The Morgan fingerprint density at radius 2 is 2.17 bits per heavy atom. The van der Waals surface area contributed by atoms with E-state index in [2.05, 4.69) is 10.1 Å². The van der Waals surface area contributed by atoms with Gasteiger partial charge in [-0.3, -0.25) is 0 Å². The molecule has 1 saturated heterocycles. The molecule has 0 amide bonds. The summed E-state index contributed by atoms with van der Waals surface area (Å²) in [5.41, 5.74) is 1.23. The Hall–Kier alpha value is -2.23. The molecule has 3 heterocycles. The second kappa shape index (κ2) is 7.79. The third kappa shape index (κ3) is 3.34. The molecule has 2 aliphatic heterocycles. The van der Waals surface area contributed by atoms with Crippen LogP contribution in [0.25, 0.3) is 0 Å². The molecular weight excluding hydrogens is 410 g/mol. The Bertz CT molecular complexity index is 1020. The monoisotopic (exact) mass is 433 g/mol. The van der Waals surface area contributed by atoms with Crippen molar-refractivity contribution in [2.24, 2.45) is 10.1 Å². The molecule has 2 aromatic rings. The highest BCUT2D eigenvalue weighted by Crippen LogP contribution is 2.43. The predicted molar refractivity (Wildman–Crippen MR) is 112 cm³/mol. The summed E-state index contributed by atoms with van der Waals surface area (Å²) >= 11 is 6.08. The van der Waals surface area contributed by atoms with Crippen LogP contribution in [0, 0.1) is 6.92 Å². The van der Waals surface area contributed by atoms with E-state index >= 15 is 0 Å². The molecule has 5 atom stereocenters. The molecule has 0 bridgehead atoms. The van der Waals surface area contributed by atoms with Crippen molar-refractivity contribution in [1.29, 1.82) is 0 Å². The summed E-state index contributed by atoms with van der Waals surface area (Å²) in [4.78, 5) is 9.07. The van der Waals surface area contributed by atoms with Gasteiger partial charge in [0.2, 0.25) is 0 Å². The number of rotatable bonds is 4. The first-order valence-corrected chi connectivity index (χ1v) is 9.97. The normalized spacial score (nSPS) is 30.5. The molecule has 0 saturated carbocycles. The van der Waals surface area contributed by atoms with Crippen molar-refractivity contribution in [3.05, 3.63) is 57.9 Å². The van der Waals surface area contributed by atoms with Gasteiger partial charge in [-0.15, -0.1) is 0 Å². The second-order valence-electron chi connectivity index (χ2n) is 7.77. The predicted octanol–water partition coefficient (Wildman–Crippen LogP) is 2.13. The number of aliphatic imine (C=N–C) groups is 1. The molecule has 0 radical (unpaired) electrons. The number of nitrogens with zero attached hydrogens (tertiary/aromatic N) is 3. The van der Waals surface area contributed by atoms with E-state index < -0.39 is 30.1 Å². The highest BCUT2D eigenvalue weighted by Gasteiger charge is 2.56. The summed E-state index contributed by atoms with van der Waals surface area (Å²) in [7, 11) is 1.44. The number of hydrogen-bond donors (Lipinski definition) is 3. The first kappa shape index (κ1) is 21.0. The first-order valence-electron chi connectivity index (χ1n) is 9.59. The van der Waals surface area contributed by atoms with Crippen molar-refractivity contribution in [3.63, 3.8) is 0 Å². The number of hydrogen-bond acceptors (Lipinski definition) is 6. The van der Waals surface area contributed by atoms with Gasteiger partial charge in [0.25, 0.3) is 0 Å². The van der Waals surface area contributed by atoms with Crippen LogP contribution in [-0.2, 0) is 16.0 Å². The molecule has 1 aromatic carbocycles. The van der Waals surface area contributed by atoms with Crippen molar-refractivity contribution in [2.45, 2.75) is 50.4 Å². The van der Waals surface area contributed by atoms with Crippen molar-refractivity contribution >= 4 is 23.7 Å². The van der Waals surface area contributed by atoms with Crippen LogP contribution in [0.1, 0.15) is 41.6 Å². The van der Waals surface area contributed by atoms with Crippen LogP contribution in [-0.4, -0.2) is 56.9 Å². The lowest BCUT2D eigenvalue weighted by Gasteiger charge is -2.30. The summed E-state index contributed by atoms with van der Waals surface area (Å²) in [6.45, 7) is 3.29. The summed E-state index contributed by atoms with van der Waals surface area (Å²) in [5, 5.41) is 37.4. The molecule has 9 heteroatoms. The summed E-state index contributed by atoms with van der Waals surface area (Å²) in [6, 6.07) is 6.92. The molecule has 8 nitrogen and oxygen atoms in total. The van der Waals surface area contributed by atoms with Crippen LogP contribution in [0.3, 0.4) is 0 Å². The average molecular weight is 434 g/mol. The van der Waals surface area contributed by atoms with Gasteiger partial charge in [0.1, 0.15) is 31.0 Å². The molecule has 3 N–H and O–H groups in total.